The predicted octanol–water partition coefficient (Wildman–Crippen LogP) is 2.37. The monoisotopic (exact) mass is 310 g/mol. The maximum atomic E-state index is 10.9. The van der Waals surface area contributed by atoms with Crippen LogP contribution in [0, 0.1) is 0 Å². The summed E-state index contributed by atoms with van der Waals surface area (Å²) < 4.78 is 1.81. The molecule has 0 spiro atoms. The van der Waals surface area contributed by atoms with E-state index in [1.54, 1.807) is 4.68 Å². The van der Waals surface area contributed by atoms with Gasteiger partial charge in [0.25, 0.3) is 0 Å². The Morgan fingerprint density at radius 1 is 1.09 bits per heavy atom. The molecule has 1 N–H and O–H groups in total. The lowest BCUT2D eigenvalue weighted by atomic mass is 10.2. The van der Waals surface area contributed by atoms with Gasteiger partial charge in [0.05, 0.1) is 18.6 Å². The van der Waals surface area contributed by atoms with E-state index < -0.39 is 5.97 Å². The van der Waals surface area contributed by atoms with E-state index in [9.17, 15) is 4.79 Å². The zero-order chi connectivity index (χ0) is 16.1. The van der Waals surface area contributed by atoms with Crippen molar-refractivity contribution < 1.29 is 9.90 Å². The number of nitrogens with zero attached hydrogens (tertiary/aromatic N) is 4. The van der Waals surface area contributed by atoms with Crippen LogP contribution in [-0.4, -0.2) is 37.5 Å². The summed E-state index contributed by atoms with van der Waals surface area (Å²) in [6.45, 7) is 1.63. The zero-order valence-electron chi connectivity index (χ0n) is 12.7. The Balaban J connectivity index is 1.78. The normalized spacial score (nSPS) is 11.2. The van der Waals surface area contributed by atoms with Gasteiger partial charge in [-0.25, -0.2) is 4.68 Å². The molecule has 0 saturated heterocycles. The standard InChI is InChI=1S/C17H18N4O2/c22-17(23)10-11-20(12-14-6-2-1-3-7-14)13-21-16-9-5-4-8-15(16)18-19-21/h1-9H,10-13H2,(H,22,23). The molecule has 1 aromatic heterocycles. The fourth-order valence-electron chi connectivity index (χ4n) is 2.51. The second-order valence-electron chi connectivity index (χ2n) is 5.40. The highest BCUT2D eigenvalue weighted by atomic mass is 16.4. The summed E-state index contributed by atoms with van der Waals surface area (Å²) in [6.07, 6.45) is 0.0967. The van der Waals surface area contributed by atoms with Crippen molar-refractivity contribution in [2.75, 3.05) is 6.54 Å². The Morgan fingerprint density at radius 2 is 1.83 bits per heavy atom. The Morgan fingerprint density at radius 3 is 2.61 bits per heavy atom. The molecule has 6 heteroatoms. The molecule has 1 heterocycles. The van der Waals surface area contributed by atoms with Crippen molar-refractivity contribution >= 4 is 17.0 Å². The van der Waals surface area contributed by atoms with Crippen molar-refractivity contribution in [1.29, 1.82) is 0 Å². The molecule has 0 aliphatic rings. The van der Waals surface area contributed by atoms with Gasteiger partial charge in [0.15, 0.2) is 0 Å². The molecule has 23 heavy (non-hydrogen) atoms. The van der Waals surface area contributed by atoms with Gasteiger partial charge in [0.1, 0.15) is 5.52 Å². The molecule has 0 atom stereocenters. The van der Waals surface area contributed by atoms with Crippen LogP contribution in [0.2, 0.25) is 0 Å². The van der Waals surface area contributed by atoms with Gasteiger partial charge in [-0.3, -0.25) is 9.69 Å². The molecule has 0 fully saturated rings. The van der Waals surface area contributed by atoms with E-state index in [4.69, 9.17) is 5.11 Å². The van der Waals surface area contributed by atoms with E-state index in [0.29, 0.717) is 19.8 Å². The average Bonchev–Trinajstić information content (AvgIpc) is 2.97. The number of para-hydroxylation sites is 1. The number of fused-ring (bicyclic) bond motifs is 1. The molecule has 6 nitrogen and oxygen atoms in total. The molecule has 0 bridgehead atoms. The van der Waals surface area contributed by atoms with Gasteiger partial charge in [0, 0.05) is 13.1 Å². The van der Waals surface area contributed by atoms with Crippen LogP contribution in [0.25, 0.3) is 11.0 Å². The van der Waals surface area contributed by atoms with Gasteiger partial charge in [0.2, 0.25) is 0 Å². The lowest BCUT2D eigenvalue weighted by Crippen LogP contribution is -2.29. The minimum atomic E-state index is -0.800. The summed E-state index contributed by atoms with van der Waals surface area (Å²) in [4.78, 5) is 13.0. The Kier molecular flexibility index (Phi) is 4.63. The lowest BCUT2D eigenvalue weighted by Gasteiger charge is -2.21. The summed E-state index contributed by atoms with van der Waals surface area (Å²) in [5.41, 5.74) is 2.92. The van der Waals surface area contributed by atoms with Crippen molar-refractivity contribution in [2.24, 2.45) is 0 Å². The maximum Gasteiger partial charge on any atom is 0.304 e. The summed E-state index contributed by atoms with van der Waals surface area (Å²) in [6, 6.07) is 17.8. The smallest absolute Gasteiger partial charge is 0.304 e. The molecule has 3 aromatic rings. The second-order valence-corrected chi connectivity index (χ2v) is 5.40. The van der Waals surface area contributed by atoms with Gasteiger partial charge in [-0.15, -0.1) is 5.10 Å². The lowest BCUT2D eigenvalue weighted by molar-refractivity contribution is -0.137. The van der Waals surface area contributed by atoms with Gasteiger partial charge in [-0.1, -0.05) is 47.7 Å². The summed E-state index contributed by atoms with van der Waals surface area (Å²) in [5, 5.41) is 17.3. The number of benzene rings is 2. The molecule has 3 rings (SSSR count). The minimum absolute atomic E-state index is 0.0967. The number of hydrogen-bond acceptors (Lipinski definition) is 4. The molecule has 0 saturated carbocycles. The van der Waals surface area contributed by atoms with Crippen molar-refractivity contribution in [2.45, 2.75) is 19.6 Å². The first-order chi connectivity index (χ1) is 11.2. The summed E-state index contributed by atoms with van der Waals surface area (Å²) >= 11 is 0. The molecule has 0 radical (unpaired) electrons. The number of hydrogen-bond donors (Lipinski definition) is 1. The van der Waals surface area contributed by atoms with Gasteiger partial charge < -0.3 is 5.11 Å². The average molecular weight is 310 g/mol. The van der Waals surface area contributed by atoms with E-state index in [1.165, 1.54) is 0 Å². The highest BCUT2D eigenvalue weighted by Gasteiger charge is 2.12. The number of carbonyl (C=O) groups is 1. The zero-order valence-corrected chi connectivity index (χ0v) is 12.7. The molecule has 0 aliphatic heterocycles. The first kappa shape index (κ1) is 15.2. The van der Waals surface area contributed by atoms with E-state index in [0.717, 1.165) is 16.6 Å². The van der Waals surface area contributed by atoms with Crippen LogP contribution in [0.1, 0.15) is 12.0 Å². The fourth-order valence-corrected chi connectivity index (χ4v) is 2.51. The maximum absolute atomic E-state index is 10.9. The van der Waals surface area contributed by atoms with Gasteiger partial charge in [-0.05, 0) is 17.7 Å². The third kappa shape index (κ3) is 3.92. The highest BCUT2D eigenvalue weighted by molar-refractivity contribution is 5.73. The molecule has 0 unspecified atom stereocenters. The Labute approximate surface area is 134 Å². The van der Waals surface area contributed by atoms with Crippen LogP contribution in [0.15, 0.2) is 54.6 Å². The van der Waals surface area contributed by atoms with Crippen LogP contribution < -0.4 is 0 Å². The highest BCUT2D eigenvalue weighted by Crippen LogP contribution is 2.12. The van der Waals surface area contributed by atoms with Crippen molar-refractivity contribution in [3.63, 3.8) is 0 Å². The van der Waals surface area contributed by atoms with Gasteiger partial charge in [-0.2, -0.15) is 0 Å². The van der Waals surface area contributed by atoms with Crippen LogP contribution in [0.4, 0.5) is 0 Å². The molecule has 0 aliphatic carbocycles. The quantitative estimate of drug-likeness (QED) is 0.725. The third-order valence-corrected chi connectivity index (χ3v) is 3.65. The topological polar surface area (TPSA) is 71.2 Å². The van der Waals surface area contributed by atoms with Crippen LogP contribution in [-0.2, 0) is 18.0 Å². The molecule has 118 valence electrons. The summed E-state index contributed by atoms with van der Waals surface area (Å²) in [5.74, 6) is -0.800. The van der Waals surface area contributed by atoms with E-state index in [2.05, 4.69) is 15.2 Å². The van der Waals surface area contributed by atoms with Crippen LogP contribution >= 0.6 is 0 Å². The number of aliphatic carboxylic acids is 1. The van der Waals surface area contributed by atoms with E-state index in [1.807, 2.05) is 54.6 Å². The van der Waals surface area contributed by atoms with Crippen LogP contribution in [0.3, 0.4) is 0 Å². The SMILES string of the molecule is O=C(O)CCN(Cc1ccccc1)Cn1nnc2ccccc21. The van der Waals surface area contributed by atoms with Crippen molar-refractivity contribution in [3.05, 3.63) is 60.2 Å². The van der Waals surface area contributed by atoms with E-state index >= 15 is 0 Å². The fraction of sp³-hybridized carbons (Fsp3) is 0.235. The largest absolute Gasteiger partial charge is 0.481 e. The molecular weight excluding hydrogens is 292 g/mol. The first-order valence-electron chi connectivity index (χ1n) is 7.48. The van der Waals surface area contributed by atoms with Crippen LogP contribution in [0.5, 0.6) is 0 Å². The predicted molar refractivity (Wildman–Crippen MR) is 86.6 cm³/mol. The third-order valence-electron chi connectivity index (χ3n) is 3.65. The van der Waals surface area contributed by atoms with Crippen molar-refractivity contribution in [1.82, 2.24) is 19.9 Å². The first-order valence-corrected chi connectivity index (χ1v) is 7.48. The molecular formula is C17H18N4O2. The number of carboxylic acid groups (broad SMARTS) is 1. The Hall–Kier alpha value is -2.73. The minimum Gasteiger partial charge on any atom is -0.481 e. The number of aromatic nitrogens is 3. The van der Waals surface area contributed by atoms with Crippen molar-refractivity contribution in [3.8, 4) is 0 Å². The number of carboxylic acids is 1. The second kappa shape index (κ2) is 7.02. The Bertz CT molecular complexity index is 785. The van der Waals surface area contributed by atoms with E-state index in [-0.39, 0.29) is 6.42 Å². The molecule has 2 aromatic carbocycles. The number of rotatable bonds is 7. The summed E-state index contributed by atoms with van der Waals surface area (Å²) in [7, 11) is 0. The van der Waals surface area contributed by atoms with Gasteiger partial charge >= 0.3 is 5.97 Å². The molecule has 0 amide bonds.